The third-order valence-corrected chi connectivity index (χ3v) is 4.16. The van der Waals surface area contributed by atoms with Gasteiger partial charge in [0, 0.05) is 40.7 Å². The molecule has 5 heteroatoms. The highest BCUT2D eigenvalue weighted by molar-refractivity contribution is 9.10. The van der Waals surface area contributed by atoms with E-state index in [9.17, 15) is 4.79 Å². The van der Waals surface area contributed by atoms with E-state index in [1.165, 1.54) is 0 Å². The summed E-state index contributed by atoms with van der Waals surface area (Å²) in [6.45, 7) is 1.000. The van der Waals surface area contributed by atoms with Crippen molar-refractivity contribution in [2.75, 3.05) is 23.4 Å². The Bertz CT molecular complexity index is 394. The van der Waals surface area contributed by atoms with Gasteiger partial charge >= 0.3 is 0 Å². The maximum absolute atomic E-state index is 11.8. The molecule has 92 valence electrons. The first-order valence-electron chi connectivity index (χ1n) is 5.60. The molecule has 1 aliphatic rings. The lowest BCUT2D eigenvalue weighted by molar-refractivity contribution is -0.116. The number of hydrogen-bond acceptors (Lipinski definition) is 3. The molecule has 1 heterocycles. The van der Waals surface area contributed by atoms with Crippen LogP contribution in [-0.4, -0.2) is 30.0 Å². The molecule has 1 aliphatic heterocycles. The molecule has 0 radical (unpaired) electrons. The Balaban J connectivity index is 1.84. The fraction of sp³-hybridized carbons (Fsp3) is 0.417. The molecule has 3 nitrogen and oxygen atoms in total. The lowest BCUT2D eigenvalue weighted by atomic mass is 10.2. The molecule has 0 bridgehead atoms. The van der Waals surface area contributed by atoms with Crippen molar-refractivity contribution in [3.8, 4) is 0 Å². The summed E-state index contributed by atoms with van der Waals surface area (Å²) in [6.07, 6.45) is 0.541. The van der Waals surface area contributed by atoms with Crippen molar-refractivity contribution in [3.63, 3.8) is 0 Å². The standard InChI is InChI=1S/C12H15BrN2OS/c13-9-2-1-3-10(6-9)15-12(16)7-11-8-17-5-4-14-11/h1-3,6,11,14H,4-5,7-8H2,(H,15,16). The van der Waals surface area contributed by atoms with Crippen LogP contribution in [0.2, 0.25) is 0 Å². The number of nitrogens with one attached hydrogen (secondary N) is 2. The monoisotopic (exact) mass is 314 g/mol. The quantitative estimate of drug-likeness (QED) is 0.900. The zero-order valence-electron chi connectivity index (χ0n) is 9.41. The van der Waals surface area contributed by atoms with E-state index >= 15 is 0 Å². The largest absolute Gasteiger partial charge is 0.326 e. The van der Waals surface area contributed by atoms with Crippen molar-refractivity contribution in [1.82, 2.24) is 5.32 Å². The molecule has 1 amide bonds. The van der Waals surface area contributed by atoms with Crippen LogP contribution in [0, 0.1) is 0 Å². The summed E-state index contributed by atoms with van der Waals surface area (Å²) in [5, 5.41) is 6.27. The van der Waals surface area contributed by atoms with Gasteiger partial charge in [-0.25, -0.2) is 0 Å². The van der Waals surface area contributed by atoms with Crippen molar-refractivity contribution in [2.45, 2.75) is 12.5 Å². The van der Waals surface area contributed by atoms with Crippen LogP contribution in [0.4, 0.5) is 5.69 Å². The van der Waals surface area contributed by atoms with Crippen LogP contribution in [0.25, 0.3) is 0 Å². The molecule has 1 aromatic carbocycles. The summed E-state index contributed by atoms with van der Waals surface area (Å²) >= 11 is 5.29. The summed E-state index contributed by atoms with van der Waals surface area (Å²) in [7, 11) is 0. The van der Waals surface area contributed by atoms with E-state index in [-0.39, 0.29) is 5.91 Å². The first kappa shape index (κ1) is 12.9. The summed E-state index contributed by atoms with van der Waals surface area (Å²) in [5.74, 6) is 2.23. The molecule has 1 saturated heterocycles. The predicted octanol–water partition coefficient (Wildman–Crippen LogP) is 2.48. The Hall–Kier alpha value is -0.520. The van der Waals surface area contributed by atoms with Crippen molar-refractivity contribution in [3.05, 3.63) is 28.7 Å². The van der Waals surface area contributed by atoms with Gasteiger partial charge in [-0.2, -0.15) is 11.8 Å². The van der Waals surface area contributed by atoms with Crippen molar-refractivity contribution in [1.29, 1.82) is 0 Å². The van der Waals surface area contributed by atoms with E-state index in [0.29, 0.717) is 12.5 Å². The van der Waals surface area contributed by atoms with Crippen LogP contribution in [0.1, 0.15) is 6.42 Å². The molecule has 1 unspecified atom stereocenters. The van der Waals surface area contributed by atoms with Gasteiger partial charge in [0.25, 0.3) is 0 Å². The van der Waals surface area contributed by atoms with Gasteiger partial charge in [-0.05, 0) is 18.2 Å². The van der Waals surface area contributed by atoms with E-state index < -0.39 is 0 Å². The fourth-order valence-electron chi connectivity index (χ4n) is 1.75. The third-order valence-electron chi connectivity index (χ3n) is 2.54. The fourth-order valence-corrected chi connectivity index (χ4v) is 3.10. The van der Waals surface area contributed by atoms with Gasteiger partial charge in [0.1, 0.15) is 0 Å². The molecular formula is C12H15BrN2OS. The van der Waals surface area contributed by atoms with E-state index in [4.69, 9.17) is 0 Å². The molecule has 1 atom stereocenters. The maximum atomic E-state index is 11.8. The van der Waals surface area contributed by atoms with Crippen molar-refractivity contribution < 1.29 is 4.79 Å². The Kier molecular flexibility index (Phi) is 4.88. The zero-order chi connectivity index (χ0) is 12.1. The first-order chi connectivity index (χ1) is 8.24. The molecular weight excluding hydrogens is 300 g/mol. The minimum Gasteiger partial charge on any atom is -0.326 e. The molecule has 2 rings (SSSR count). The molecule has 1 fully saturated rings. The van der Waals surface area contributed by atoms with E-state index in [2.05, 4.69) is 26.6 Å². The van der Waals surface area contributed by atoms with Gasteiger partial charge < -0.3 is 10.6 Å². The minimum atomic E-state index is 0.0723. The van der Waals surface area contributed by atoms with Crippen LogP contribution in [0.15, 0.2) is 28.7 Å². The molecule has 0 aromatic heterocycles. The van der Waals surface area contributed by atoms with Gasteiger partial charge in [-0.3, -0.25) is 4.79 Å². The molecule has 17 heavy (non-hydrogen) atoms. The number of carbonyl (C=O) groups excluding carboxylic acids is 1. The molecule has 0 spiro atoms. The number of carbonyl (C=O) groups is 1. The topological polar surface area (TPSA) is 41.1 Å². The van der Waals surface area contributed by atoms with Crippen LogP contribution in [0.5, 0.6) is 0 Å². The Morgan fingerprint density at radius 2 is 2.47 bits per heavy atom. The van der Waals surface area contributed by atoms with E-state index in [1.807, 2.05) is 36.0 Å². The SMILES string of the molecule is O=C(CC1CSCCN1)Nc1cccc(Br)c1. The summed E-state index contributed by atoms with van der Waals surface area (Å²) in [5.41, 5.74) is 0.841. The average molecular weight is 315 g/mol. The molecule has 2 N–H and O–H groups in total. The summed E-state index contributed by atoms with van der Waals surface area (Å²) in [4.78, 5) is 11.8. The normalized spacial score (nSPS) is 19.9. The Morgan fingerprint density at radius 3 is 3.18 bits per heavy atom. The number of benzene rings is 1. The van der Waals surface area contributed by atoms with Gasteiger partial charge in [-0.15, -0.1) is 0 Å². The van der Waals surface area contributed by atoms with Crippen molar-refractivity contribution in [2.24, 2.45) is 0 Å². The van der Waals surface area contributed by atoms with Crippen LogP contribution < -0.4 is 10.6 Å². The highest BCUT2D eigenvalue weighted by atomic mass is 79.9. The number of halogens is 1. The van der Waals surface area contributed by atoms with Crippen LogP contribution in [-0.2, 0) is 4.79 Å². The average Bonchev–Trinajstić information content (AvgIpc) is 2.30. The molecule has 1 aromatic rings. The first-order valence-corrected chi connectivity index (χ1v) is 7.55. The number of hydrogen-bond donors (Lipinski definition) is 2. The second-order valence-corrected chi connectivity index (χ2v) is 6.05. The molecule has 0 saturated carbocycles. The Labute approximate surface area is 114 Å². The summed E-state index contributed by atoms with van der Waals surface area (Å²) < 4.78 is 0.974. The van der Waals surface area contributed by atoms with Gasteiger partial charge in [0.05, 0.1) is 0 Å². The number of rotatable bonds is 3. The van der Waals surface area contributed by atoms with Crippen LogP contribution in [0.3, 0.4) is 0 Å². The number of amides is 1. The van der Waals surface area contributed by atoms with Gasteiger partial charge in [-0.1, -0.05) is 22.0 Å². The molecule has 0 aliphatic carbocycles. The van der Waals surface area contributed by atoms with Gasteiger partial charge in [0.15, 0.2) is 0 Å². The highest BCUT2D eigenvalue weighted by Gasteiger charge is 2.16. The lowest BCUT2D eigenvalue weighted by Gasteiger charge is -2.22. The second kappa shape index (κ2) is 6.42. The van der Waals surface area contributed by atoms with Crippen LogP contribution >= 0.6 is 27.7 Å². The van der Waals surface area contributed by atoms with Gasteiger partial charge in [0.2, 0.25) is 5.91 Å². The smallest absolute Gasteiger partial charge is 0.225 e. The third kappa shape index (κ3) is 4.33. The summed E-state index contributed by atoms with van der Waals surface area (Å²) in [6, 6.07) is 7.96. The lowest BCUT2D eigenvalue weighted by Crippen LogP contribution is -2.39. The maximum Gasteiger partial charge on any atom is 0.225 e. The van der Waals surface area contributed by atoms with Crippen molar-refractivity contribution >= 4 is 39.3 Å². The highest BCUT2D eigenvalue weighted by Crippen LogP contribution is 2.16. The zero-order valence-corrected chi connectivity index (χ0v) is 11.8. The number of thioether (sulfide) groups is 1. The Morgan fingerprint density at radius 1 is 1.59 bits per heavy atom. The predicted molar refractivity (Wildman–Crippen MR) is 76.5 cm³/mol. The van der Waals surface area contributed by atoms with E-state index in [1.54, 1.807) is 0 Å². The number of anilines is 1. The minimum absolute atomic E-state index is 0.0723. The second-order valence-electron chi connectivity index (χ2n) is 3.99. The van der Waals surface area contributed by atoms with E-state index in [0.717, 1.165) is 28.2 Å².